The van der Waals surface area contributed by atoms with Gasteiger partial charge in [0.15, 0.2) is 0 Å². The molecular formula is C13H12N4O4. The number of aromatic amines is 2. The van der Waals surface area contributed by atoms with Crippen LogP contribution in [-0.2, 0) is 0 Å². The van der Waals surface area contributed by atoms with Crippen LogP contribution in [0.15, 0.2) is 44.1 Å². The second-order valence-corrected chi connectivity index (χ2v) is 3.93. The number of ether oxygens (including phenoxy) is 1. The molecule has 0 amide bonds. The minimum atomic E-state index is -0.795. The molecule has 0 saturated carbocycles. The van der Waals surface area contributed by atoms with Gasteiger partial charge in [-0.3, -0.25) is 14.8 Å². The van der Waals surface area contributed by atoms with Gasteiger partial charge < -0.3 is 9.84 Å². The molecule has 0 aliphatic rings. The van der Waals surface area contributed by atoms with Gasteiger partial charge in [-0.2, -0.15) is 10.2 Å². The quantitative estimate of drug-likeness (QED) is 0.551. The number of benzene rings is 1. The molecule has 8 heteroatoms. The lowest BCUT2D eigenvalue weighted by atomic mass is 10.2. The summed E-state index contributed by atoms with van der Waals surface area (Å²) in [7, 11) is 1.57. The van der Waals surface area contributed by atoms with Crippen LogP contribution in [0, 0.1) is 0 Å². The molecular weight excluding hydrogens is 276 g/mol. The van der Waals surface area contributed by atoms with Crippen LogP contribution in [0.2, 0.25) is 0 Å². The SMILES string of the molecule is COc1ccc(/C=N/N=C/c2c(O)[nH]c(=O)[nH]c2=O)cc1. The summed E-state index contributed by atoms with van der Waals surface area (Å²) in [4.78, 5) is 26.3. The van der Waals surface area contributed by atoms with E-state index >= 15 is 0 Å². The first-order valence-corrected chi connectivity index (χ1v) is 5.86. The molecule has 0 spiro atoms. The minimum Gasteiger partial charge on any atom is -0.497 e. The van der Waals surface area contributed by atoms with Gasteiger partial charge in [-0.25, -0.2) is 4.79 Å². The lowest BCUT2D eigenvalue weighted by molar-refractivity contribution is 0.415. The summed E-state index contributed by atoms with van der Waals surface area (Å²) in [5.41, 5.74) is -0.940. The molecule has 21 heavy (non-hydrogen) atoms. The van der Waals surface area contributed by atoms with E-state index in [0.717, 1.165) is 17.5 Å². The maximum atomic E-state index is 11.4. The summed E-state index contributed by atoms with van der Waals surface area (Å²) in [6.07, 6.45) is 2.51. The Morgan fingerprint density at radius 3 is 2.38 bits per heavy atom. The number of aromatic nitrogens is 2. The normalized spacial score (nSPS) is 11.3. The van der Waals surface area contributed by atoms with Gasteiger partial charge in [0.2, 0.25) is 5.88 Å². The van der Waals surface area contributed by atoms with Crippen LogP contribution in [0.5, 0.6) is 11.6 Å². The van der Waals surface area contributed by atoms with Crippen molar-refractivity contribution in [2.75, 3.05) is 7.11 Å². The Morgan fingerprint density at radius 2 is 1.76 bits per heavy atom. The third-order valence-electron chi connectivity index (χ3n) is 2.53. The number of aromatic hydroxyl groups is 1. The predicted molar refractivity (Wildman–Crippen MR) is 77.5 cm³/mol. The van der Waals surface area contributed by atoms with Crippen LogP contribution in [0.4, 0.5) is 0 Å². The molecule has 0 atom stereocenters. The molecule has 0 saturated heterocycles. The molecule has 0 radical (unpaired) electrons. The van der Waals surface area contributed by atoms with Crippen molar-refractivity contribution in [2.24, 2.45) is 10.2 Å². The highest BCUT2D eigenvalue weighted by atomic mass is 16.5. The van der Waals surface area contributed by atoms with Crippen molar-refractivity contribution in [3.8, 4) is 11.6 Å². The minimum absolute atomic E-state index is 0.179. The van der Waals surface area contributed by atoms with E-state index in [2.05, 4.69) is 10.2 Å². The number of methoxy groups -OCH3 is 1. The molecule has 3 N–H and O–H groups in total. The summed E-state index contributed by atoms with van der Waals surface area (Å²) in [6.45, 7) is 0. The molecule has 2 aromatic rings. The van der Waals surface area contributed by atoms with Crippen molar-refractivity contribution in [2.45, 2.75) is 0 Å². The fraction of sp³-hybridized carbons (Fsp3) is 0.0769. The zero-order chi connectivity index (χ0) is 15.2. The van der Waals surface area contributed by atoms with Crippen LogP contribution < -0.4 is 16.0 Å². The summed E-state index contributed by atoms with van der Waals surface area (Å²) < 4.78 is 5.02. The van der Waals surface area contributed by atoms with Crippen LogP contribution in [0.25, 0.3) is 0 Å². The first kappa shape index (κ1) is 14.3. The van der Waals surface area contributed by atoms with Gasteiger partial charge in [0, 0.05) is 0 Å². The van der Waals surface area contributed by atoms with Crippen LogP contribution in [0.3, 0.4) is 0 Å². The van der Waals surface area contributed by atoms with E-state index in [-0.39, 0.29) is 5.56 Å². The van der Waals surface area contributed by atoms with E-state index in [1.54, 1.807) is 31.4 Å². The average molecular weight is 288 g/mol. The Morgan fingerprint density at radius 1 is 1.10 bits per heavy atom. The second-order valence-electron chi connectivity index (χ2n) is 3.93. The van der Waals surface area contributed by atoms with Crippen LogP contribution >= 0.6 is 0 Å². The second kappa shape index (κ2) is 6.33. The number of nitrogens with zero attached hydrogens (tertiary/aromatic N) is 2. The van der Waals surface area contributed by atoms with E-state index in [0.29, 0.717) is 0 Å². The summed E-state index contributed by atoms with van der Waals surface area (Å²) >= 11 is 0. The Bertz CT molecular complexity index is 787. The Kier molecular flexibility index (Phi) is 4.30. The van der Waals surface area contributed by atoms with Crippen molar-refractivity contribution in [1.82, 2.24) is 9.97 Å². The van der Waals surface area contributed by atoms with E-state index in [1.807, 2.05) is 9.97 Å². The van der Waals surface area contributed by atoms with Crippen molar-refractivity contribution >= 4 is 12.4 Å². The van der Waals surface area contributed by atoms with Crippen molar-refractivity contribution in [3.63, 3.8) is 0 Å². The molecule has 0 aliphatic carbocycles. The summed E-state index contributed by atoms with van der Waals surface area (Å²) in [5.74, 6) is 0.160. The summed E-state index contributed by atoms with van der Waals surface area (Å²) in [6, 6.07) is 7.09. The number of hydrogen-bond acceptors (Lipinski definition) is 6. The lowest BCUT2D eigenvalue weighted by Gasteiger charge is -1.97. The molecule has 0 unspecified atom stereocenters. The number of nitrogens with one attached hydrogen (secondary N) is 2. The third-order valence-corrected chi connectivity index (χ3v) is 2.53. The van der Waals surface area contributed by atoms with E-state index in [9.17, 15) is 14.7 Å². The highest BCUT2D eigenvalue weighted by Gasteiger charge is 2.04. The molecule has 1 aromatic carbocycles. The van der Waals surface area contributed by atoms with Gasteiger partial charge in [-0.05, 0) is 29.8 Å². The number of H-pyrrole nitrogens is 2. The molecule has 0 fully saturated rings. The Balaban J connectivity index is 2.13. The van der Waals surface area contributed by atoms with Crippen molar-refractivity contribution in [1.29, 1.82) is 0 Å². The fourth-order valence-corrected chi connectivity index (χ4v) is 1.48. The van der Waals surface area contributed by atoms with Crippen molar-refractivity contribution < 1.29 is 9.84 Å². The zero-order valence-corrected chi connectivity index (χ0v) is 11.0. The third kappa shape index (κ3) is 3.66. The first-order valence-electron chi connectivity index (χ1n) is 5.86. The Hall–Kier alpha value is -3.16. The monoisotopic (exact) mass is 288 g/mol. The maximum Gasteiger partial charge on any atom is 0.328 e. The molecule has 1 aromatic heterocycles. The largest absolute Gasteiger partial charge is 0.497 e. The van der Waals surface area contributed by atoms with Gasteiger partial charge in [0.05, 0.1) is 19.5 Å². The topological polar surface area (TPSA) is 120 Å². The van der Waals surface area contributed by atoms with Gasteiger partial charge in [0.25, 0.3) is 5.56 Å². The first-order chi connectivity index (χ1) is 10.1. The highest BCUT2D eigenvalue weighted by Crippen LogP contribution is 2.09. The maximum absolute atomic E-state index is 11.4. The predicted octanol–water partition coefficient (Wildman–Crippen LogP) is 0.230. The molecule has 108 valence electrons. The Labute approximate surface area is 118 Å². The van der Waals surface area contributed by atoms with E-state index in [4.69, 9.17) is 4.74 Å². The smallest absolute Gasteiger partial charge is 0.328 e. The van der Waals surface area contributed by atoms with Crippen molar-refractivity contribution in [3.05, 3.63) is 56.2 Å². The van der Waals surface area contributed by atoms with Crippen LogP contribution in [0.1, 0.15) is 11.1 Å². The van der Waals surface area contributed by atoms with Crippen LogP contribution in [-0.4, -0.2) is 34.6 Å². The standard InChI is InChI=1S/C13H12N4O4/c1-21-9-4-2-8(3-5-9)6-14-15-7-10-11(18)16-13(20)17-12(10)19/h2-7H,1H3,(H3,16,17,18,19,20)/b14-6+,15-7+. The zero-order valence-electron chi connectivity index (χ0n) is 11.0. The van der Waals surface area contributed by atoms with E-state index < -0.39 is 17.1 Å². The molecule has 0 aliphatic heterocycles. The molecule has 2 rings (SSSR count). The summed E-state index contributed by atoms with van der Waals surface area (Å²) in [5, 5.41) is 16.8. The molecule has 1 heterocycles. The van der Waals surface area contributed by atoms with Gasteiger partial charge in [-0.1, -0.05) is 0 Å². The number of hydrogen-bond donors (Lipinski definition) is 3. The van der Waals surface area contributed by atoms with Gasteiger partial charge in [-0.15, -0.1) is 0 Å². The van der Waals surface area contributed by atoms with Gasteiger partial charge in [0.1, 0.15) is 11.3 Å². The average Bonchev–Trinajstić information content (AvgIpc) is 2.46. The highest BCUT2D eigenvalue weighted by molar-refractivity contribution is 5.83. The van der Waals surface area contributed by atoms with Gasteiger partial charge >= 0.3 is 5.69 Å². The molecule has 0 bridgehead atoms. The fourth-order valence-electron chi connectivity index (χ4n) is 1.48. The molecule has 8 nitrogen and oxygen atoms in total. The lowest BCUT2D eigenvalue weighted by Crippen LogP contribution is -2.24. The van der Waals surface area contributed by atoms with E-state index in [1.165, 1.54) is 6.21 Å². The number of rotatable bonds is 4.